The number of hydrogen-bond acceptors (Lipinski definition) is 6. The zero-order valence-corrected chi connectivity index (χ0v) is 16.2. The molecule has 0 aliphatic rings. The van der Waals surface area contributed by atoms with E-state index in [1.807, 2.05) is 0 Å². The second-order valence-electron chi connectivity index (χ2n) is 1.47. The van der Waals surface area contributed by atoms with Crippen molar-refractivity contribution in [2.75, 3.05) is 0 Å². The molecule has 18 heavy (non-hydrogen) atoms. The third-order valence-corrected chi connectivity index (χ3v) is 0. The first-order chi connectivity index (χ1) is 5.20. The van der Waals surface area contributed by atoms with Crippen molar-refractivity contribution in [1.29, 1.82) is 0 Å². The minimum absolute atomic E-state index is 0. The first-order valence-corrected chi connectivity index (χ1v) is 2.72. The third kappa shape index (κ3) is 13300. The van der Waals surface area contributed by atoms with Crippen molar-refractivity contribution in [2.45, 2.75) is 20.8 Å². The van der Waals surface area contributed by atoms with Crippen molar-refractivity contribution in [3.8, 4) is 0 Å². The van der Waals surface area contributed by atoms with Gasteiger partial charge in [0.25, 0.3) is 0 Å². The van der Waals surface area contributed by atoms with Gasteiger partial charge in [-0.1, -0.05) is 0 Å². The molecule has 0 fully saturated rings. The molecule has 0 aliphatic heterocycles. The van der Waals surface area contributed by atoms with Crippen molar-refractivity contribution in [3.05, 3.63) is 0 Å². The molecule has 0 atom stereocenters. The maximum absolute atomic E-state index is 8.89. The summed E-state index contributed by atoms with van der Waals surface area (Å²) >= 11 is 0. The standard InChI is InChI=1S/3C2H4O2.Ni.4H2O.Rb/c3*1-2(3)4;;;;;;/h3*1H3,(H,3,4);;4*1H2;/q;;;+2;;;;;+1/p-3. The van der Waals surface area contributed by atoms with Gasteiger partial charge in [0.2, 0.25) is 0 Å². The fraction of sp³-hybridized carbons (Fsp3) is 0.500. The van der Waals surface area contributed by atoms with Crippen LogP contribution in [0.5, 0.6) is 0 Å². The van der Waals surface area contributed by atoms with Crippen molar-refractivity contribution >= 4 is 17.9 Å². The maximum Gasteiger partial charge on any atom is 2.00 e. The molecule has 10 nitrogen and oxygen atoms in total. The fourth-order valence-electron chi connectivity index (χ4n) is 0. The first-order valence-electron chi connectivity index (χ1n) is 2.72. The van der Waals surface area contributed by atoms with E-state index in [2.05, 4.69) is 0 Å². The Labute approximate surface area is 163 Å². The maximum atomic E-state index is 8.89. The molecule has 0 saturated carbocycles. The van der Waals surface area contributed by atoms with Gasteiger partial charge in [-0.05, 0) is 20.8 Å². The van der Waals surface area contributed by atoms with Gasteiger partial charge in [-0.15, -0.1) is 0 Å². The summed E-state index contributed by atoms with van der Waals surface area (Å²) in [5.41, 5.74) is 0. The zero-order chi connectivity index (χ0) is 10.7. The molecule has 0 aromatic rings. The van der Waals surface area contributed by atoms with Crippen LogP contribution < -0.4 is 73.5 Å². The molecule has 0 saturated heterocycles. The number of rotatable bonds is 0. The van der Waals surface area contributed by atoms with E-state index in [1.54, 1.807) is 0 Å². The topological polar surface area (TPSA) is 246 Å². The van der Waals surface area contributed by atoms with Crippen LogP contribution in [0.1, 0.15) is 20.8 Å². The predicted octanol–water partition coefficient (Wildman–Crippen LogP) is -10.0. The van der Waals surface area contributed by atoms with E-state index >= 15 is 0 Å². The SMILES string of the molecule is CC(=O)[O-].CC(=O)[O-].CC(=O)[O-].O.O.O.O.[Ni+2].[Rb+]. The Bertz CT molecular complexity index is 124. The second kappa shape index (κ2) is 52.7. The number of carbonyl (C=O) groups excluding carboxylic acids is 3. The average molecular weight is 393 g/mol. The summed E-state index contributed by atoms with van der Waals surface area (Å²) < 4.78 is 0. The van der Waals surface area contributed by atoms with Gasteiger partial charge in [0.05, 0.1) is 0 Å². The van der Waals surface area contributed by atoms with Gasteiger partial charge in [0.1, 0.15) is 0 Å². The smallest absolute Gasteiger partial charge is 0.550 e. The molecule has 112 valence electrons. The number of carboxylic acids is 3. The molecule has 0 amide bonds. The number of carbonyl (C=O) groups is 3. The number of aliphatic carboxylic acids is 3. The summed E-state index contributed by atoms with van der Waals surface area (Å²) in [6, 6.07) is 0. The zero-order valence-electron chi connectivity index (χ0n) is 10.3. The molecular weight excluding hydrogens is 376 g/mol. The molecule has 0 aromatic carbocycles. The van der Waals surface area contributed by atoms with Gasteiger partial charge in [-0.25, -0.2) is 0 Å². The van der Waals surface area contributed by atoms with Crippen LogP contribution in [0, 0.1) is 0 Å². The first kappa shape index (κ1) is 62.6. The summed E-state index contributed by atoms with van der Waals surface area (Å²) in [5, 5.41) is 26.7. The molecule has 0 unspecified atom stereocenters. The summed E-state index contributed by atoms with van der Waals surface area (Å²) in [5.74, 6) is -3.25. The molecule has 12 heteroatoms. The molecule has 0 radical (unpaired) electrons. The van der Waals surface area contributed by atoms with E-state index in [0.29, 0.717) is 0 Å². The molecule has 8 N–H and O–H groups in total. The van der Waals surface area contributed by atoms with Crippen LogP contribution in [-0.2, 0) is 30.9 Å². The van der Waals surface area contributed by atoms with Gasteiger partial charge < -0.3 is 51.6 Å². The quantitative estimate of drug-likeness (QED) is 0.361. The summed E-state index contributed by atoms with van der Waals surface area (Å²) in [6.45, 7) is 2.92. The van der Waals surface area contributed by atoms with Gasteiger partial charge in [0, 0.05) is 17.9 Å². The van der Waals surface area contributed by atoms with E-state index in [-0.39, 0.29) is 96.6 Å². The molecule has 0 aliphatic carbocycles. The summed E-state index contributed by atoms with van der Waals surface area (Å²) in [4.78, 5) is 26.7. The van der Waals surface area contributed by atoms with E-state index in [9.17, 15) is 0 Å². The van der Waals surface area contributed by atoms with E-state index in [0.717, 1.165) is 20.8 Å². The Hall–Kier alpha value is 0.549. The largest absolute Gasteiger partial charge is 2.00 e. The third-order valence-electron chi connectivity index (χ3n) is 0. The minimum Gasteiger partial charge on any atom is -0.550 e. The van der Waals surface area contributed by atoms with Gasteiger partial charge in [-0.2, -0.15) is 0 Å². The average Bonchev–Trinajstić information content (AvgIpc) is 1.54. The minimum atomic E-state index is -1.08. The summed E-state index contributed by atoms with van der Waals surface area (Å²) in [7, 11) is 0. The Morgan fingerprint density at radius 1 is 0.611 bits per heavy atom. The van der Waals surface area contributed by atoms with E-state index in [4.69, 9.17) is 29.7 Å². The monoisotopic (exact) mass is 392 g/mol. The number of carboxylic acid groups (broad SMARTS) is 3. The molecule has 0 bridgehead atoms. The second-order valence-corrected chi connectivity index (χ2v) is 1.47. The van der Waals surface area contributed by atoms with Crippen molar-refractivity contribution in [3.63, 3.8) is 0 Å². The van der Waals surface area contributed by atoms with Crippen LogP contribution in [0.15, 0.2) is 0 Å². The normalized spacial score (nSPS) is 4.17. The molecule has 0 rings (SSSR count). The fourth-order valence-corrected chi connectivity index (χ4v) is 0. The van der Waals surface area contributed by atoms with Crippen molar-refractivity contribution in [2.24, 2.45) is 0 Å². The number of hydrogen-bond donors (Lipinski definition) is 0. The van der Waals surface area contributed by atoms with Crippen LogP contribution in [0.4, 0.5) is 0 Å². The van der Waals surface area contributed by atoms with Crippen molar-refractivity contribution in [1.82, 2.24) is 0 Å². The van der Waals surface area contributed by atoms with E-state index in [1.165, 1.54) is 0 Å². The molecular formula is C6H17NiO10Rb. The molecule has 0 heterocycles. The van der Waals surface area contributed by atoms with Gasteiger partial charge in [-0.3, -0.25) is 0 Å². The van der Waals surface area contributed by atoms with Crippen molar-refractivity contribution < 1.29 is 126 Å². The Morgan fingerprint density at radius 2 is 0.611 bits per heavy atom. The Morgan fingerprint density at radius 3 is 0.611 bits per heavy atom. The molecule has 0 spiro atoms. The Balaban J connectivity index is -0.00000000827. The van der Waals surface area contributed by atoms with Crippen LogP contribution in [0.2, 0.25) is 0 Å². The van der Waals surface area contributed by atoms with E-state index < -0.39 is 17.9 Å². The van der Waals surface area contributed by atoms with Crippen LogP contribution in [0.3, 0.4) is 0 Å². The summed E-state index contributed by atoms with van der Waals surface area (Å²) in [6.07, 6.45) is 0. The van der Waals surface area contributed by atoms with Crippen LogP contribution in [0.25, 0.3) is 0 Å². The van der Waals surface area contributed by atoms with Crippen LogP contribution >= 0.6 is 0 Å². The predicted molar refractivity (Wildman–Crippen MR) is 46.5 cm³/mol. The Kier molecular flexibility index (Phi) is 183. The molecule has 0 aromatic heterocycles. The van der Waals surface area contributed by atoms with Gasteiger partial charge >= 0.3 is 74.7 Å². The van der Waals surface area contributed by atoms with Gasteiger partial charge in [0.15, 0.2) is 0 Å². The van der Waals surface area contributed by atoms with Crippen LogP contribution in [-0.4, -0.2) is 39.8 Å².